The van der Waals surface area contributed by atoms with Gasteiger partial charge in [0.2, 0.25) is 0 Å². The van der Waals surface area contributed by atoms with Gasteiger partial charge >= 0.3 is 0 Å². The highest BCUT2D eigenvalue weighted by Crippen LogP contribution is 2.22. The summed E-state index contributed by atoms with van der Waals surface area (Å²) < 4.78 is 13.1. The van der Waals surface area contributed by atoms with Crippen molar-refractivity contribution in [3.63, 3.8) is 0 Å². The summed E-state index contributed by atoms with van der Waals surface area (Å²) in [6.07, 6.45) is 2.24. The van der Waals surface area contributed by atoms with Crippen molar-refractivity contribution in [1.82, 2.24) is 4.90 Å². The zero-order valence-corrected chi connectivity index (χ0v) is 11.7. The van der Waals surface area contributed by atoms with Crippen LogP contribution >= 0.6 is 11.6 Å². The Morgan fingerprint density at radius 2 is 2.00 bits per heavy atom. The summed E-state index contributed by atoms with van der Waals surface area (Å²) in [5, 5.41) is 3.61. The molecule has 0 aromatic heterocycles. The van der Waals surface area contributed by atoms with Crippen LogP contribution in [0.15, 0.2) is 18.2 Å². The molecule has 1 N–H and O–H groups in total. The van der Waals surface area contributed by atoms with E-state index in [1.807, 2.05) is 0 Å². The summed E-state index contributed by atoms with van der Waals surface area (Å²) >= 11 is 5.77. The van der Waals surface area contributed by atoms with Gasteiger partial charge in [-0.15, -0.1) is 0 Å². The van der Waals surface area contributed by atoms with Gasteiger partial charge in [0.25, 0.3) is 0 Å². The van der Waals surface area contributed by atoms with Gasteiger partial charge in [-0.1, -0.05) is 11.6 Å². The summed E-state index contributed by atoms with van der Waals surface area (Å²) in [6, 6.07) is 5.89. The number of anilines is 1. The molecule has 0 spiro atoms. The standard InChI is InChI=1S/C14H20ClFN2/c1-10(2)18-7-5-11(6-8-18)17-12-3-4-14(16)13(15)9-12/h3-4,9-11,17H,5-8H2,1-2H3. The molecule has 100 valence electrons. The van der Waals surface area contributed by atoms with Gasteiger partial charge in [-0.2, -0.15) is 0 Å². The van der Waals surface area contributed by atoms with E-state index < -0.39 is 0 Å². The molecule has 0 aliphatic carbocycles. The van der Waals surface area contributed by atoms with Crippen LogP contribution in [0.25, 0.3) is 0 Å². The zero-order chi connectivity index (χ0) is 13.1. The fraction of sp³-hybridized carbons (Fsp3) is 0.571. The van der Waals surface area contributed by atoms with Crippen LogP contribution in [0.2, 0.25) is 5.02 Å². The number of hydrogen-bond acceptors (Lipinski definition) is 2. The third-order valence-electron chi connectivity index (χ3n) is 3.55. The number of hydrogen-bond donors (Lipinski definition) is 1. The molecule has 0 amide bonds. The fourth-order valence-electron chi connectivity index (χ4n) is 2.38. The lowest BCUT2D eigenvalue weighted by molar-refractivity contribution is 0.177. The first kappa shape index (κ1) is 13.6. The second-order valence-corrected chi connectivity index (χ2v) is 5.58. The van der Waals surface area contributed by atoms with Crippen molar-refractivity contribution >= 4 is 17.3 Å². The van der Waals surface area contributed by atoms with E-state index in [9.17, 15) is 4.39 Å². The van der Waals surface area contributed by atoms with Crippen LogP contribution in [0.5, 0.6) is 0 Å². The number of likely N-dealkylation sites (tertiary alicyclic amines) is 1. The molecule has 0 unspecified atom stereocenters. The SMILES string of the molecule is CC(C)N1CCC(Nc2ccc(F)c(Cl)c2)CC1. The summed E-state index contributed by atoms with van der Waals surface area (Å²) in [5.74, 6) is -0.364. The van der Waals surface area contributed by atoms with E-state index in [0.717, 1.165) is 31.6 Å². The fourth-order valence-corrected chi connectivity index (χ4v) is 2.56. The number of halogens is 2. The molecule has 4 heteroatoms. The van der Waals surface area contributed by atoms with Gasteiger partial charge in [0.15, 0.2) is 0 Å². The zero-order valence-electron chi connectivity index (χ0n) is 10.9. The van der Waals surface area contributed by atoms with Gasteiger partial charge < -0.3 is 10.2 Å². The topological polar surface area (TPSA) is 15.3 Å². The molecule has 1 saturated heterocycles. The van der Waals surface area contributed by atoms with E-state index in [0.29, 0.717) is 12.1 Å². The first-order valence-electron chi connectivity index (χ1n) is 6.52. The Balaban J connectivity index is 1.89. The first-order chi connectivity index (χ1) is 8.56. The molecule has 0 bridgehead atoms. The molecule has 0 radical (unpaired) electrons. The van der Waals surface area contributed by atoms with E-state index in [2.05, 4.69) is 24.1 Å². The lowest BCUT2D eigenvalue weighted by Gasteiger charge is -2.35. The minimum absolute atomic E-state index is 0.180. The second kappa shape index (κ2) is 5.89. The van der Waals surface area contributed by atoms with Crippen LogP contribution in [0.3, 0.4) is 0 Å². The van der Waals surface area contributed by atoms with Crippen LogP contribution < -0.4 is 5.32 Å². The van der Waals surface area contributed by atoms with Gasteiger partial charge in [0, 0.05) is 30.9 Å². The largest absolute Gasteiger partial charge is 0.382 e. The third kappa shape index (κ3) is 3.36. The summed E-state index contributed by atoms with van der Waals surface area (Å²) in [4.78, 5) is 2.48. The predicted molar refractivity (Wildman–Crippen MR) is 74.8 cm³/mol. The Kier molecular flexibility index (Phi) is 4.46. The van der Waals surface area contributed by atoms with Crippen molar-refractivity contribution in [1.29, 1.82) is 0 Å². The summed E-state index contributed by atoms with van der Waals surface area (Å²) in [5.41, 5.74) is 0.907. The van der Waals surface area contributed by atoms with Crippen molar-refractivity contribution in [2.75, 3.05) is 18.4 Å². The minimum Gasteiger partial charge on any atom is -0.382 e. The molecule has 1 aromatic rings. The average Bonchev–Trinajstić information content (AvgIpc) is 2.34. The highest BCUT2D eigenvalue weighted by molar-refractivity contribution is 6.31. The Morgan fingerprint density at radius 1 is 1.33 bits per heavy atom. The number of nitrogens with one attached hydrogen (secondary N) is 1. The number of nitrogens with zero attached hydrogens (tertiary/aromatic N) is 1. The number of rotatable bonds is 3. The quantitative estimate of drug-likeness (QED) is 0.900. The molecule has 1 heterocycles. The Bertz CT molecular complexity index is 401. The average molecular weight is 271 g/mol. The Labute approximate surface area is 113 Å². The van der Waals surface area contributed by atoms with Gasteiger partial charge in [-0.25, -0.2) is 4.39 Å². The summed E-state index contributed by atoms with van der Waals surface area (Å²) in [6.45, 7) is 6.69. The molecule has 2 nitrogen and oxygen atoms in total. The highest BCUT2D eigenvalue weighted by Gasteiger charge is 2.20. The lowest BCUT2D eigenvalue weighted by Crippen LogP contribution is -2.42. The first-order valence-corrected chi connectivity index (χ1v) is 6.89. The van der Waals surface area contributed by atoms with Crippen LogP contribution in [0.1, 0.15) is 26.7 Å². The van der Waals surface area contributed by atoms with Gasteiger partial charge in [0.1, 0.15) is 5.82 Å². The minimum atomic E-state index is -0.364. The van der Waals surface area contributed by atoms with Crippen molar-refractivity contribution in [2.45, 2.75) is 38.8 Å². The maximum absolute atomic E-state index is 13.1. The molecule has 1 aliphatic heterocycles. The van der Waals surface area contributed by atoms with Crippen LogP contribution in [0.4, 0.5) is 10.1 Å². The van der Waals surface area contributed by atoms with Crippen LogP contribution in [0, 0.1) is 5.82 Å². The van der Waals surface area contributed by atoms with Crippen molar-refractivity contribution < 1.29 is 4.39 Å². The van der Waals surface area contributed by atoms with E-state index in [-0.39, 0.29) is 10.8 Å². The molecule has 1 fully saturated rings. The maximum Gasteiger partial charge on any atom is 0.141 e. The second-order valence-electron chi connectivity index (χ2n) is 5.18. The van der Waals surface area contributed by atoms with E-state index in [1.165, 1.54) is 6.07 Å². The smallest absolute Gasteiger partial charge is 0.141 e. The molecule has 18 heavy (non-hydrogen) atoms. The Morgan fingerprint density at radius 3 is 2.56 bits per heavy atom. The molecule has 0 saturated carbocycles. The van der Waals surface area contributed by atoms with Crippen molar-refractivity contribution in [2.24, 2.45) is 0 Å². The van der Waals surface area contributed by atoms with Gasteiger partial charge in [-0.05, 0) is 44.9 Å². The van der Waals surface area contributed by atoms with E-state index in [4.69, 9.17) is 11.6 Å². The summed E-state index contributed by atoms with van der Waals surface area (Å²) in [7, 11) is 0. The Hall–Kier alpha value is -0.800. The normalized spacial score (nSPS) is 18.3. The molecule has 0 atom stereocenters. The highest BCUT2D eigenvalue weighted by atomic mass is 35.5. The number of benzene rings is 1. The molecular weight excluding hydrogens is 251 g/mol. The van der Waals surface area contributed by atoms with E-state index >= 15 is 0 Å². The molecular formula is C14H20ClFN2. The van der Waals surface area contributed by atoms with Crippen LogP contribution in [-0.4, -0.2) is 30.1 Å². The molecule has 1 aromatic carbocycles. The lowest BCUT2D eigenvalue weighted by atomic mass is 10.0. The van der Waals surface area contributed by atoms with E-state index in [1.54, 1.807) is 12.1 Å². The predicted octanol–water partition coefficient (Wildman–Crippen LogP) is 3.76. The third-order valence-corrected chi connectivity index (χ3v) is 3.84. The maximum atomic E-state index is 13.1. The van der Waals surface area contributed by atoms with Crippen LogP contribution in [-0.2, 0) is 0 Å². The monoisotopic (exact) mass is 270 g/mol. The van der Waals surface area contributed by atoms with Gasteiger partial charge in [-0.3, -0.25) is 0 Å². The van der Waals surface area contributed by atoms with Crippen molar-refractivity contribution in [3.05, 3.63) is 29.0 Å². The van der Waals surface area contributed by atoms with Crippen molar-refractivity contribution in [3.8, 4) is 0 Å². The number of piperidine rings is 1. The van der Waals surface area contributed by atoms with Gasteiger partial charge in [0.05, 0.1) is 5.02 Å². The molecule has 1 aliphatic rings. The molecule has 2 rings (SSSR count).